The topological polar surface area (TPSA) is 84.4 Å². The molecule has 0 bridgehead atoms. The van der Waals surface area contributed by atoms with Crippen LogP contribution in [-0.4, -0.2) is 70.4 Å². The summed E-state index contributed by atoms with van der Waals surface area (Å²) in [4.78, 5) is 19.9. The Morgan fingerprint density at radius 3 is 2.38 bits per heavy atom. The second-order valence-electron chi connectivity index (χ2n) is 7.71. The zero-order valence-corrected chi connectivity index (χ0v) is 19.2. The van der Waals surface area contributed by atoms with Crippen LogP contribution in [0.15, 0.2) is 41.4 Å². The van der Waals surface area contributed by atoms with Gasteiger partial charge in [-0.2, -0.15) is 0 Å². The van der Waals surface area contributed by atoms with Gasteiger partial charge < -0.3 is 19.5 Å². The van der Waals surface area contributed by atoms with E-state index in [-0.39, 0.29) is 5.91 Å². The van der Waals surface area contributed by atoms with Crippen molar-refractivity contribution in [3.63, 3.8) is 0 Å². The van der Waals surface area contributed by atoms with Gasteiger partial charge in [-0.1, -0.05) is 6.07 Å². The fourth-order valence-corrected chi connectivity index (χ4v) is 3.58. The number of aryl methyl sites for hydroxylation is 2. The van der Waals surface area contributed by atoms with Crippen molar-refractivity contribution < 1.29 is 19.0 Å². The largest absolute Gasteiger partial charge is 0.493 e. The van der Waals surface area contributed by atoms with E-state index >= 15 is 0 Å². The van der Waals surface area contributed by atoms with E-state index in [9.17, 15) is 4.79 Å². The fraction of sp³-hybridized carbons (Fsp3) is 0.417. The Morgan fingerprint density at radius 1 is 1.03 bits per heavy atom. The zero-order valence-electron chi connectivity index (χ0n) is 19.2. The standard InChI is InChI=1S/C24H32N4O4/c1-17-13-18(2)15-20(14-17)26-24(25-7-8-28-9-11-32-12-10-28)27-23(29)19-5-6-21(30-3)22(16-19)31-4/h5-6,13-16H,7-12H2,1-4H3,(H2,25,26,27,29). The van der Waals surface area contributed by atoms with E-state index in [0.29, 0.717) is 29.6 Å². The molecule has 172 valence electrons. The summed E-state index contributed by atoms with van der Waals surface area (Å²) in [5.74, 6) is 1.18. The number of benzene rings is 2. The van der Waals surface area contributed by atoms with Crippen molar-refractivity contribution in [1.29, 1.82) is 0 Å². The number of amides is 1. The fourth-order valence-electron chi connectivity index (χ4n) is 3.58. The van der Waals surface area contributed by atoms with Crippen LogP contribution in [0.2, 0.25) is 0 Å². The van der Waals surface area contributed by atoms with Gasteiger partial charge in [-0.05, 0) is 55.3 Å². The average Bonchev–Trinajstić information content (AvgIpc) is 2.78. The summed E-state index contributed by atoms with van der Waals surface area (Å²) in [6, 6.07) is 11.2. The highest BCUT2D eigenvalue weighted by Crippen LogP contribution is 2.27. The van der Waals surface area contributed by atoms with E-state index in [4.69, 9.17) is 14.2 Å². The lowest BCUT2D eigenvalue weighted by Gasteiger charge is -2.25. The molecule has 32 heavy (non-hydrogen) atoms. The Bertz CT molecular complexity index is 935. The second-order valence-corrected chi connectivity index (χ2v) is 7.71. The number of guanidine groups is 1. The molecule has 0 unspecified atom stereocenters. The third kappa shape index (κ3) is 6.70. The van der Waals surface area contributed by atoms with Crippen LogP contribution < -0.4 is 20.1 Å². The molecule has 2 N–H and O–H groups in total. The van der Waals surface area contributed by atoms with Crippen molar-refractivity contribution in [2.75, 3.05) is 58.9 Å². The summed E-state index contributed by atoms with van der Waals surface area (Å²) < 4.78 is 16.0. The first-order valence-electron chi connectivity index (χ1n) is 10.7. The van der Waals surface area contributed by atoms with Gasteiger partial charge in [0.15, 0.2) is 11.5 Å². The lowest BCUT2D eigenvalue weighted by molar-refractivity contribution is 0.0394. The first kappa shape index (κ1) is 23.6. The summed E-state index contributed by atoms with van der Waals surface area (Å²) in [6.45, 7) is 8.71. The predicted molar refractivity (Wildman–Crippen MR) is 126 cm³/mol. The molecular formula is C24H32N4O4. The van der Waals surface area contributed by atoms with E-state index in [1.54, 1.807) is 32.4 Å². The number of morpholine rings is 1. The number of anilines is 1. The predicted octanol–water partition coefficient (Wildman–Crippen LogP) is 2.85. The molecule has 0 aromatic heterocycles. The highest BCUT2D eigenvalue weighted by Gasteiger charge is 2.14. The van der Waals surface area contributed by atoms with Gasteiger partial charge >= 0.3 is 0 Å². The van der Waals surface area contributed by atoms with Gasteiger partial charge in [0.1, 0.15) is 0 Å². The Labute approximate surface area is 189 Å². The smallest absolute Gasteiger partial charge is 0.258 e. The minimum Gasteiger partial charge on any atom is -0.493 e. The number of carbonyl (C=O) groups excluding carboxylic acids is 1. The van der Waals surface area contributed by atoms with Gasteiger partial charge in [0.2, 0.25) is 5.96 Å². The molecule has 2 aromatic carbocycles. The molecule has 1 aliphatic rings. The highest BCUT2D eigenvalue weighted by molar-refractivity contribution is 6.10. The van der Waals surface area contributed by atoms with Gasteiger partial charge in [0.05, 0.1) is 34.0 Å². The van der Waals surface area contributed by atoms with Crippen LogP contribution in [-0.2, 0) is 4.74 Å². The molecule has 1 amide bonds. The van der Waals surface area contributed by atoms with Crippen molar-refractivity contribution in [3.05, 3.63) is 53.1 Å². The minimum absolute atomic E-state index is 0.284. The molecule has 1 heterocycles. The van der Waals surface area contributed by atoms with E-state index < -0.39 is 0 Å². The lowest BCUT2D eigenvalue weighted by Crippen LogP contribution is -2.39. The Hall–Kier alpha value is -3.10. The van der Waals surface area contributed by atoms with Crippen molar-refractivity contribution in [3.8, 4) is 11.5 Å². The monoisotopic (exact) mass is 440 g/mol. The second kappa shape index (κ2) is 11.5. The number of nitrogens with one attached hydrogen (secondary N) is 2. The molecule has 3 rings (SSSR count). The van der Waals surface area contributed by atoms with Crippen LogP contribution in [0.25, 0.3) is 0 Å². The SMILES string of the molecule is COc1ccc(C(=O)NC(=NCCN2CCOCC2)Nc2cc(C)cc(C)c2)cc1OC. The van der Waals surface area contributed by atoms with Gasteiger partial charge in [-0.15, -0.1) is 0 Å². The molecule has 0 aliphatic carbocycles. The van der Waals surface area contributed by atoms with Crippen molar-refractivity contribution >= 4 is 17.6 Å². The molecule has 1 fully saturated rings. The number of hydrogen-bond donors (Lipinski definition) is 2. The van der Waals surface area contributed by atoms with Gasteiger partial charge in [0, 0.05) is 30.9 Å². The number of methoxy groups -OCH3 is 2. The first-order chi connectivity index (χ1) is 15.5. The Kier molecular flexibility index (Phi) is 8.47. The molecule has 1 saturated heterocycles. The highest BCUT2D eigenvalue weighted by atomic mass is 16.5. The van der Waals surface area contributed by atoms with Crippen molar-refractivity contribution in [2.24, 2.45) is 4.99 Å². The molecule has 1 aliphatic heterocycles. The number of rotatable bonds is 7. The third-order valence-corrected chi connectivity index (χ3v) is 5.15. The van der Waals surface area contributed by atoms with Gasteiger partial charge in [0.25, 0.3) is 5.91 Å². The maximum atomic E-state index is 13.0. The molecule has 8 heteroatoms. The third-order valence-electron chi connectivity index (χ3n) is 5.15. The molecule has 2 aromatic rings. The van der Waals surface area contributed by atoms with E-state index in [0.717, 1.165) is 49.7 Å². The number of nitrogens with zero attached hydrogens (tertiary/aromatic N) is 2. The molecular weight excluding hydrogens is 408 g/mol. The van der Waals surface area contributed by atoms with Crippen molar-refractivity contribution in [1.82, 2.24) is 10.2 Å². The van der Waals surface area contributed by atoms with Crippen LogP contribution in [0.1, 0.15) is 21.5 Å². The zero-order chi connectivity index (χ0) is 22.9. The number of carbonyl (C=O) groups is 1. The summed E-state index contributed by atoms with van der Waals surface area (Å²) in [7, 11) is 3.10. The van der Waals surface area contributed by atoms with E-state index in [1.807, 2.05) is 26.0 Å². The van der Waals surface area contributed by atoms with Crippen molar-refractivity contribution in [2.45, 2.75) is 13.8 Å². The average molecular weight is 441 g/mol. The van der Waals surface area contributed by atoms with Crippen LogP contribution in [0.4, 0.5) is 5.69 Å². The Morgan fingerprint density at radius 2 is 1.72 bits per heavy atom. The molecule has 0 saturated carbocycles. The summed E-state index contributed by atoms with van der Waals surface area (Å²) >= 11 is 0. The quantitative estimate of drug-likeness (QED) is 0.509. The minimum atomic E-state index is -0.284. The first-order valence-corrected chi connectivity index (χ1v) is 10.7. The molecule has 8 nitrogen and oxygen atoms in total. The maximum Gasteiger partial charge on any atom is 0.258 e. The van der Waals surface area contributed by atoms with Crippen LogP contribution >= 0.6 is 0 Å². The number of aliphatic imine (C=N–C) groups is 1. The van der Waals surface area contributed by atoms with E-state index in [2.05, 4.69) is 26.6 Å². The normalized spacial score (nSPS) is 14.7. The van der Waals surface area contributed by atoms with E-state index in [1.165, 1.54) is 0 Å². The molecule has 0 radical (unpaired) electrons. The van der Waals surface area contributed by atoms with Crippen LogP contribution in [0, 0.1) is 13.8 Å². The van der Waals surface area contributed by atoms with Crippen LogP contribution in [0.5, 0.6) is 11.5 Å². The molecule has 0 spiro atoms. The summed E-state index contributed by atoms with van der Waals surface area (Å²) in [5.41, 5.74) is 3.59. The number of ether oxygens (including phenoxy) is 3. The summed E-state index contributed by atoms with van der Waals surface area (Å²) in [6.07, 6.45) is 0. The van der Waals surface area contributed by atoms with Gasteiger partial charge in [-0.3, -0.25) is 20.0 Å². The lowest BCUT2D eigenvalue weighted by atomic mass is 10.1. The number of hydrogen-bond acceptors (Lipinski definition) is 6. The maximum absolute atomic E-state index is 13.0. The Balaban J connectivity index is 1.75. The molecule has 0 atom stereocenters. The summed E-state index contributed by atoms with van der Waals surface area (Å²) in [5, 5.41) is 6.18. The van der Waals surface area contributed by atoms with Gasteiger partial charge in [-0.25, -0.2) is 0 Å². The van der Waals surface area contributed by atoms with Crippen LogP contribution in [0.3, 0.4) is 0 Å².